The SMILES string of the molecule is Cc1c(NC=C2C(=O)OC(C)(C)OC2=O)ccc(Br)c1F. The van der Waals surface area contributed by atoms with Gasteiger partial charge in [-0.1, -0.05) is 0 Å². The number of esters is 2. The number of halogens is 2. The molecule has 7 heteroatoms. The molecule has 1 aromatic carbocycles. The highest BCUT2D eigenvalue weighted by molar-refractivity contribution is 9.10. The van der Waals surface area contributed by atoms with E-state index in [1.54, 1.807) is 13.0 Å². The maximum absolute atomic E-state index is 13.7. The molecule has 0 bridgehead atoms. The van der Waals surface area contributed by atoms with Crippen molar-refractivity contribution in [3.8, 4) is 0 Å². The molecule has 21 heavy (non-hydrogen) atoms. The summed E-state index contributed by atoms with van der Waals surface area (Å²) in [6.45, 7) is 4.49. The van der Waals surface area contributed by atoms with Gasteiger partial charge in [0.05, 0.1) is 4.47 Å². The highest BCUT2D eigenvalue weighted by atomic mass is 79.9. The highest BCUT2D eigenvalue weighted by Gasteiger charge is 2.38. The molecular formula is C14H13BrFNO4. The molecular weight excluding hydrogens is 345 g/mol. The van der Waals surface area contributed by atoms with Gasteiger partial charge in [-0.15, -0.1) is 0 Å². The minimum atomic E-state index is -1.29. The molecule has 1 fully saturated rings. The Hall–Kier alpha value is -1.89. The fourth-order valence-electron chi connectivity index (χ4n) is 1.74. The van der Waals surface area contributed by atoms with E-state index in [0.29, 0.717) is 15.7 Å². The van der Waals surface area contributed by atoms with Gasteiger partial charge in [0.15, 0.2) is 5.57 Å². The monoisotopic (exact) mass is 357 g/mol. The van der Waals surface area contributed by atoms with Crippen LogP contribution in [0.1, 0.15) is 19.4 Å². The number of nitrogens with one attached hydrogen (secondary N) is 1. The zero-order valence-corrected chi connectivity index (χ0v) is 13.2. The van der Waals surface area contributed by atoms with Crippen LogP contribution in [0.4, 0.5) is 10.1 Å². The van der Waals surface area contributed by atoms with E-state index < -0.39 is 23.5 Å². The van der Waals surface area contributed by atoms with Crippen molar-refractivity contribution in [3.63, 3.8) is 0 Å². The second kappa shape index (κ2) is 5.48. The molecule has 1 aliphatic rings. The lowest BCUT2D eigenvalue weighted by molar-refractivity contribution is -0.222. The molecule has 0 atom stereocenters. The van der Waals surface area contributed by atoms with Gasteiger partial charge in [0, 0.05) is 31.3 Å². The number of ether oxygens (including phenoxy) is 2. The Morgan fingerprint density at radius 3 is 2.38 bits per heavy atom. The van der Waals surface area contributed by atoms with Crippen molar-refractivity contribution in [1.82, 2.24) is 0 Å². The first-order chi connectivity index (χ1) is 9.71. The summed E-state index contributed by atoms with van der Waals surface area (Å²) in [5, 5.41) is 2.71. The fraction of sp³-hybridized carbons (Fsp3) is 0.286. The molecule has 1 aromatic rings. The predicted octanol–water partition coefficient (Wildman–Crippen LogP) is 3.03. The van der Waals surface area contributed by atoms with Crippen molar-refractivity contribution in [1.29, 1.82) is 0 Å². The molecule has 1 N–H and O–H groups in total. The first-order valence-electron chi connectivity index (χ1n) is 6.09. The Morgan fingerprint density at radius 1 is 1.24 bits per heavy atom. The summed E-state index contributed by atoms with van der Waals surface area (Å²) in [5.74, 6) is -3.29. The van der Waals surface area contributed by atoms with Gasteiger partial charge in [-0.25, -0.2) is 14.0 Å². The molecule has 0 spiro atoms. The van der Waals surface area contributed by atoms with E-state index in [4.69, 9.17) is 9.47 Å². The highest BCUT2D eigenvalue weighted by Crippen LogP contribution is 2.26. The van der Waals surface area contributed by atoms with E-state index in [1.807, 2.05) is 0 Å². The maximum Gasteiger partial charge on any atom is 0.350 e. The summed E-state index contributed by atoms with van der Waals surface area (Å²) in [5.41, 5.74) is 0.491. The zero-order valence-electron chi connectivity index (χ0n) is 11.6. The van der Waals surface area contributed by atoms with Gasteiger partial charge in [0.25, 0.3) is 5.79 Å². The third-order valence-corrected chi connectivity index (χ3v) is 3.44. The number of rotatable bonds is 2. The molecule has 0 aliphatic carbocycles. The van der Waals surface area contributed by atoms with Crippen molar-refractivity contribution in [2.45, 2.75) is 26.6 Å². The Balaban J connectivity index is 2.24. The van der Waals surface area contributed by atoms with Crippen molar-refractivity contribution < 1.29 is 23.5 Å². The number of cyclic esters (lactones) is 2. The minimum absolute atomic E-state index is 0.281. The van der Waals surface area contributed by atoms with Crippen LogP contribution in [0.5, 0.6) is 0 Å². The predicted molar refractivity (Wildman–Crippen MR) is 76.8 cm³/mol. The van der Waals surface area contributed by atoms with Crippen LogP contribution in [0.15, 0.2) is 28.4 Å². The summed E-state index contributed by atoms with van der Waals surface area (Å²) < 4.78 is 23.9. The van der Waals surface area contributed by atoms with E-state index in [9.17, 15) is 14.0 Å². The number of hydrogen-bond acceptors (Lipinski definition) is 5. The van der Waals surface area contributed by atoms with Crippen LogP contribution in [0.25, 0.3) is 0 Å². The summed E-state index contributed by atoms with van der Waals surface area (Å²) in [4.78, 5) is 23.5. The lowest BCUT2D eigenvalue weighted by Crippen LogP contribution is -2.42. The molecule has 1 saturated heterocycles. The van der Waals surface area contributed by atoms with Crippen LogP contribution in [-0.4, -0.2) is 17.7 Å². The van der Waals surface area contributed by atoms with Gasteiger partial charge in [-0.05, 0) is 35.0 Å². The average molecular weight is 358 g/mol. The molecule has 1 heterocycles. The molecule has 112 valence electrons. The molecule has 0 amide bonds. The van der Waals surface area contributed by atoms with Gasteiger partial charge in [-0.2, -0.15) is 0 Å². The van der Waals surface area contributed by atoms with E-state index in [-0.39, 0.29) is 5.57 Å². The van der Waals surface area contributed by atoms with E-state index in [2.05, 4.69) is 21.2 Å². The quantitative estimate of drug-likeness (QED) is 0.500. The Kier molecular flexibility index (Phi) is 4.04. The Morgan fingerprint density at radius 2 is 1.81 bits per heavy atom. The number of hydrogen-bond donors (Lipinski definition) is 1. The van der Waals surface area contributed by atoms with Gasteiger partial charge in [0.1, 0.15) is 5.82 Å². The van der Waals surface area contributed by atoms with Crippen molar-refractivity contribution in [2.75, 3.05) is 5.32 Å². The van der Waals surface area contributed by atoms with Crippen molar-refractivity contribution in [3.05, 3.63) is 39.8 Å². The molecule has 0 radical (unpaired) electrons. The van der Waals surface area contributed by atoms with Gasteiger partial charge >= 0.3 is 11.9 Å². The van der Waals surface area contributed by atoms with Crippen LogP contribution >= 0.6 is 15.9 Å². The number of anilines is 1. The van der Waals surface area contributed by atoms with Crippen LogP contribution in [0.3, 0.4) is 0 Å². The topological polar surface area (TPSA) is 64.6 Å². The Bertz CT molecular complexity index is 633. The third-order valence-electron chi connectivity index (χ3n) is 2.83. The van der Waals surface area contributed by atoms with Crippen LogP contribution in [0.2, 0.25) is 0 Å². The van der Waals surface area contributed by atoms with Crippen LogP contribution < -0.4 is 5.32 Å². The van der Waals surface area contributed by atoms with Gasteiger partial charge in [0.2, 0.25) is 0 Å². The number of carbonyl (C=O) groups is 2. The van der Waals surface area contributed by atoms with E-state index in [1.165, 1.54) is 19.9 Å². The van der Waals surface area contributed by atoms with E-state index >= 15 is 0 Å². The molecule has 2 rings (SSSR count). The molecule has 0 aromatic heterocycles. The first-order valence-corrected chi connectivity index (χ1v) is 6.88. The van der Waals surface area contributed by atoms with Crippen molar-refractivity contribution in [2.24, 2.45) is 0 Å². The van der Waals surface area contributed by atoms with Crippen LogP contribution in [0, 0.1) is 12.7 Å². The second-order valence-corrected chi connectivity index (χ2v) is 5.77. The summed E-state index contributed by atoms with van der Waals surface area (Å²) in [6.07, 6.45) is 1.15. The standard InChI is InChI=1S/C14H13BrFNO4/c1-7-10(5-4-9(15)11(7)16)17-6-8-12(18)20-14(2,3)21-13(8)19/h4-6,17H,1-3H3. The minimum Gasteiger partial charge on any atom is -0.419 e. The first kappa shape index (κ1) is 15.5. The van der Waals surface area contributed by atoms with Gasteiger partial charge in [-0.3, -0.25) is 0 Å². The summed E-state index contributed by atoms with van der Waals surface area (Å²) in [7, 11) is 0. The maximum atomic E-state index is 13.7. The Labute approximate surface area is 129 Å². The largest absolute Gasteiger partial charge is 0.419 e. The molecule has 0 saturated carbocycles. The third kappa shape index (κ3) is 3.24. The lowest BCUT2D eigenvalue weighted by Gasteiger charge is -2.29. The zero-order chi connectivity index (χ0) is 15.8. The number of carbonyl (C=O) groups excluding carboxylic acids is 2. The average Bonchev–Trinajstić information content (AvgIpc) is 2.36. The van der Waals surface area contributed by atoms with Crippen LogP contribution in [-0.2, 0) is 19.1 Å². The normalized spacial score (nSPS) is 17.1. The lowest BCUT2D eigenvalue weighted by atomic mass is 10.2. The molecule has 5 nitrogen and oxygen atoms in total. The fourth-order valence-corrected chi connectivity index (χ4v) is 2.17. The smallest absolute Gasteiger partial charge is 0.350 e. The summed E-state index contributed by atoms with van der Waals surface area (Å²) >= 11 is 3.07. The van der Waals surface area contributed by atoms with Crippen molar-refractivity contribution >= 4 is 33.6 Å². The molecule has 1 aliphatic heterocycles. The number of benzene rings is 1. The molecule has 0 unspecified atom stereocenters. The van der Waals surface area contributed by atoms with Gasteiger partial charge < -0.3 is 14.8 Å². The van der Waals surface area contributed by atoms with E-state index in [0.717, 1.165) is 6.20 Å². The second-order valence-electron chi connectivity index (χ2n) is 4.92. The summed E-state index contributed by atoms with van der Waals surface area (Å²) in [6, 6.07) is 3.13.